The first kappa shape index (κ1) is 26.9. The predicted octanol–water partition coefficient (Wildman–Crippen LogP) is 5.93. The Morgan fingerprint density at radius 2 is 1.66 bits per heavy atom. The number of fused-ring (bicyclic) bond motifs is 1. The van der Waals surface area contributed by atoms with Crippen molar-refractivity contribution in [2.24, 2.45) is 0 Å². The van der Waals surface area contributed by atoms with Crippen LogP contribution in [0, 0.1) is 11.6 Å². The number of rotatable bonds is 5. The van der Waals surface area contributed by atoms with Gasteiger partial charge in [0.1, 0.15) is 11.6 Å². The zero-order valence-corrected chi connectivity index (χ0v) is 19.3. The number of nitrogens with one attached hydrogen (secondary N) is 3. The van der Waals surface area contributed by atoms with E-state index in [1.54, 1.807) is 0 Å². The number of hydrogen-bond acceptors (Lipinski definition) is 3. The van der Waals surface area contributed by atoms with Crippen molar-refractivity contribution in [2.45, 2.75) is 18.6 Å². The Labute approximate surface area is 213 Å². The van der Waals surface area contributed by atoms with Crippen molar-refractivity contribution < 1.29 is 45.1 Å². The van der Waals surface area contributed by atoms with E-state index in [0.29, 0.717) is 12.1 Å². The number of benzene rings is 3. The molecule has 0 saturated heterocycles. The maximum absolute atomic E-state index is 14.0. The van der Waals surface area contributed by atoms with Crippen LogP contribution in [0.25, 0.3) is 0 Å². The van der Waals surface area contributed by atoms with Gasteiger partial charge in [-0.2, -0.15) is 22.0 Å². The van der Waals surface area contributed by atoms with Crippen LogP contribution in [0.2, 0.25) is 5.02 Å². The number of alkyl halides is 5. The van der Waals surface area contributed by atoms with E-state index in [4.69, 9.17) is 11.6 Å². The topological polar surface area (TPSA) is 87.3 Å². The summed E-state index contributed by atoms with van der Waals surface area (Å²) in [5.41, 5.74) is -3.19. The Morgan fingerprint density at radius 1 is 0.947 bits per heavy atom. The molecule has 0 spiro atoms. The second-order valence-electron chi connectivity index (χ2n) is 8.03. The molecule has 0 aliphatic carbocycles. The smallest absolute Gasteiger partial charge is 0.341 e. The highest BCUT2D eigenvalue weighted by molar-refractivity contribution is 6.31. The molecule has 14 heteroatoms. The van der Waals surface area contributed by atoms with E-state index in [1.165, 1.54) is 6.07 Å². The van der Waals surface area contributed by atoms with E-state index < -0.39 is 59.1 Å². The molecule has 3 amide bonds. The summed E-state index contributed by atoms with van der Waals surface area (Å²) in [6.07, 6.45) is -8.42. The first-order valence-corrected chi connectivity index (χ1v) is 10.8. The van der Waals surface area contributed by atoms with Crippen LogP contribution in [0.3, 0.4) is 0 Å². The van der Waals surface area contributed by atoms with Gasteiger partial charge in [-0.1, -0.05) is 11.6 Å². The van der Waals surface area contributed by atoms with Gasteiger partial charge >= 0.3 is 12.6 Å². The molecular weight excluding hydrogens is 547 g/mol. The summed E-state index contributed by atoms with van der Waals surface area (Å²) >= 11 is 6.16. The average molecular weight is 560 g/mol. The third-order valence-electron chi connectivity index (χ3n) is 5.46. The van der Waals surface area contributed by atoms with Gasteiger partial charge in [0.15, 0.2) is 0 Å². The first-order valence-electron chi connectivity index (χ1n) is 10.5. The fraction of sp³-hybridized carbons (Fsp3) is 0.125. The van der Waals surface area contributed by atoms with E-state index in [0.717, 1.165) is 24.3 Å². The Bertz CT molecular complexity index is 1480. The lowest BCUT2D eigenvalue weighted by Gasteiger charge is -2.19. The van der Waals surface area contributed by atoms with E-state index >= 15 is 0 Å². The van der Waals surface area contributed by atoms with Gasteiger partial charge in [-0.15, -0.1) is 0 Å². The van der Waals surface area contributed by atoms with Crippen LogP contribution in [0.5, 0.6) is 0 Å². The summed E-state index contributed by atoms with van der Waals surface area (Å²) < 4.78 is 92.8. The van der Waals surface area contributed by atoms with Crippen molar-refractivity contribution in [1.29, 1.82) is 0 Å². The first-order chi connectivity index (χ1) is 17.7. The van der Waals surface area contributed by atoms with Gasteiger partial charge in [-0.3, -0.25) is 14.4 Å². The Morgan fingerprint density at radius 3 is 2.32 bits per heavy atom. The van der Waals surface area contributed by atoms with Crippen LogP contribution in [-0.4, -0.2) is 24.1 Å². The zero-order chi connectivity index (χ0) is 27.9. The molecule has 0 saturated carbocycles. The minimum atomic E-state index is -4.98. The van der Waals surface area contributed by atoms with Crippen molar-refractivity contribution >= 4 is 40.7 Å². The molecule has 3 aromatic carbocycles. The summed E-state index contributed by atoms with van der Waals surface area (Å²) in [6.45, 7) is 0. The second-order valence-corrected chi connectivity index (χ2v) is 8.43. The normalized spacial score (nSPS) is 14.8. The monoisotopic (exact) mass is 559 g/mol. The highest BCUT2D eigenvalue weighted by atomic mass is 35.5. The largest absolute Gasteiger partial charge is 0.416 e. The molecule has 1 unspecified atom stereocenters. The maximum atomic E-state index is 14.0. The maximum Gasteiger partial charge on any atom is 0.416 e. The minimum Gasteiger partial charge on any atom is -0.341 e. The summed E-state index contributed by atoms with van der Waals surface area (Å²) in [7, 11) is 0. The fourth-order valence-electron chi connectivity index (χ4n) is 3.85. The summed E-state index contributed by atoms with van der Waals surface area (Å²) in [5.74, 6) is -5.94. The van der Waals surface area contributed by atoms with Crippen molar-refractivity contribution in [2.75, 3.05) is 10.6 Å². The number of hydrogen-bond donors (Lipinski definition) is 3. The number of carbonyl (C=O) groups excluding carboxylic acids is 3. The Hall–Kier alpha value is -4.13. The third kappa shape index (κ3) is 5.42. The molecule has 1 aliphatic heterocycles. The number of halogens is 8. The molecule has 6 nitrogen and oxygen atoms in total. The molecule has 0 aromatic heterocycles. The van der Waals surface area contributed by atoms with Crippen molar-refractivity contribution in [1.82, 2.24) is 5.32 Å². The molecule has 38 heavy (non-hydrogen) atoms. The summed E-state index contributed by atoms with van der Waals surface area (Å²) in [6, 6.07) is 5.08. The van der Waals surface area contributed by atoms with Gasteiger partial charge in [0, 0.05) is 38.7 Å². The molecule has 1 aliphatic rings. The molecule has 0 fully saturated rings. The van der Waals surface area contributed by atoms with Crippen LogP contribution in [0.4, 0.5) is 42.1 Å². The second kappa shape index (κ2) is 9.97. The van der Waals surface area contributed by atoms with Gasteiger partial charge in [0.2, 0.25) is 0 Å². The molecule has 0 bridgehead atoms. The van der Waals surface area contributed by atoms with Crippen LogP contribution >= 0.6 is 11.6 Å². The standard InChI is InChI=1S/C24H13ClF7N3O3/c25-16-2-1-11(26)6-14(16)19-18-15(22(37)35-19)7-13(33-23(38)20(28)29)8-17(18)34-21(36)9-3-10(24(30,31)32)5-12(27)4-9/h1-8,19-20H,(H,33,38)(H,34,36)(H,35,37). The lowest BCUT2D eigenvalue weighted by atomic mass is 9.95. The third-order valence-corrected chi connectivity index (χ3v) is 5.80. The van der Waals surface area contributed by atoms with Crippen molar-refractivity contribution in [3.63, 3.8) is 0 Å². The summed E-state index contributed by atoms with van der Waals surface area (Å²) in [5, 5.41) is 6.55. The Kier molecular flexibility index (Phi) is 7.06. The molecule has 198 valence electrons. The Balaban J connectivity index is 1.84. The average Bonchev–Trinajstić information content (AvgIpc) is 3.16. The lowest BCUT2D eigenvalue weighted by molar-refractivity contribution is -0.137. The molecule has 3 aromatic rings. The van der Waals surface area contributed by atoms with E-state index in [2.05, 4.69) is 10.6 Å². The van der Waals surface area contributed by atoms with Gasteiger partial charge < -0.3 is 16.0 Å². The lowest BCUT2D eigenvalue weighted by Crippen LogP contribution is -2.21. The fourth-order valence-corrected chi connectivity index (χ4v) is 4.08. The zero-order valence-electron chi connectivity index (χ0n) is 18.5. The van der Waals surface area contributed by atoms with Crippen LogP contribution in [0.1, 0.15) is 43.4 Å². The van der Waals surface area contributed by atoms with Gasteiger partial charge in [-0.05, 0) is 48.5 Å². The molecule has 1 heterocycles. The van der Waals surface area contributed by atoms with Gasteiger partial charge in [0.05, 0.1) is 11.6 Å². The van der Waals surface area contributed by atoms with E-state index in [-0.39, 0.29) is 39.2 Å². The molecule has 1 atom stereocenters. The molecule has 0 radical (unpaired) electrons. The van der Waals surface area contributed by atoms with E-state index in [9.17, 15) is 45.1 Å². The van der Waals surface area contributed by atoms with Gasteiger partial charge in [0.25, 0.3) is 17.7 Å². The van der Waals surface area contributed by atoms with Gasteiger partial charge in [-0.25, -0.2) is 8.78 Å². The number of amides is 3. The molecular formula is C24H13ClF7N3O3. The number of carbonyl (C=O) groups is 3. The van der Waals surface area contributed by atoms with Crippen LogP contribution in [-0.2, 0) is 11.0 Å². The van der Waals surface area contributed by atoms with Crippen LogP contribution in [0.15, 0.2) is 48.5 Å². The van der Waals surface area contributed by atoms with Crippen molar-refractivity contribution in [3.8, 4) is 0 Å². The number of anilines is 2. The molecule has 3 N–H and O–H groups in total. The SMILES string of the molecule is O=C(Nc1cc(NC(=O)C(F)F)cc2c1C(c1cc(F)ccc1Cl)NC2=O)c1cc(F)cc(C(F)(F)F)c1. The van der Waals surface area contributed by atoms with Crippen molar-refractivity contribution in [3.05, 3.63) is 93.0 Å². The predicted molar refractivity (Wildman–Crippen MR) is 121 cm³/mol. The van der Waals surface area contributed by atoms with Crippen LogP contribution < -0.4 is 16.0 Å². The minimum absolute atomic E-state index is 0.00291. The quantitative estimate of drug-likeness (QED) is 0.339. The highest BCUT2D eigenvalue weighted by Crippen LogP contribution is 2.41. The molecule has 4 rings (SSSR count). The highest BCUT2D eigenvalue weighted by Gasteiger charge is 2.36. The summed E-state index contributed by atoms with van der Waals surface area (Å²) in [4.78, 5) is 37.1. The van der Waals surface area contributed by atoms with E-state index in [1.807, 2.05) is 5.32 Å².